The van der Waals surface area contributed by atoms with Crippen LogP contribution in [-0.4, -0.2) is 19.9 Å². The average Bonchev–Trinajstić information content (AvgIpc) is 3.20. The van der Waals surface area contributed by atoms with Crippen LogP contribution in [-0.2, 0) is 28.0 Å². The van der Waals surface area contributed by atoms with E-state index in [0.29, 0.717) is 30.0 Å². The first kappa shape index (κ1) is 23.7. The molecule has 1 heterocycles. The molecule has 3 rings (SSSR count). The Bertz CT molecular complexity index is 1180. The van der Waals surface area contributed by atoms with Gasteiger partial charge in [-0.25, -0.2) is 13.1 Å². The Morgan fingerprint density at radius 1 is 1.03 bits per heavy atom. The van der Waals surface area contributed by atoms with Crippen molar-refractivity contribution in [1.29, 1.82) is 0 Å². The molecule has 0 aliphatic carbocycles. The van der Waals surface area contributed by atoms with E-state index in [-0.39, 0.29) is 10.8 Å². The van der Waals surface area contributed by atoms with Crippen molar-refractivity contribution in [3.63, 3.8) is 0 Å². The van der Waals surface area contributed by atoms with Crippen LogP contribution in [0.3, 0.4) is 0 Å². The second-order valence-corrected chi connectivity index (χ2v) is 10.2. The van der Waals surface area contributed by atoms with Gasteiger partial charge in [-0.15, -0.1) is 0 Å². The van der Waals surface area contributed by atoms with Crippen LogP contribution in [0.15, 0.2) is 70.2 Å². The van der Waals surface area contributed by atoms with Crippen LogP contribution in [0.25, 0.3) is 0 Å². The van der Waals surface area contributed by atoms with E-state index in [0.717, 1.165) is 11.3 Å². The number of amides is 1. The number of hydrogen-bond acceptors (Lipinski definition) is 5. The van der Waals surface area contributed by atoms with E-state index >= 15 is 0 Å². The predicted molar refractivity (Wildman–Crippen MR) is 123 cm³/mol. The topological polar surface area (TPSA) is 97.6 Å². The van der Waals surface area contributed by atoms with Gasteiger partial charge in [-0.05, 0) is 75.2 Å². The van der Waals surface area contributed by atoms with Crippen LogP contribution >= 0.6 is 0 Å². The Morgan fingerprint density at radius 2 is 1.81 bits per heavy atom. The van der Waals surface area contributed by atoms with Gasteiger partial charge < -0.3 is 14.5 Å². The molecule has 0 saturated heterocycles. The first-order valence-electron chi connectivity index (χ1n) is 10.2. The molecule has 0 aliphatic heterocycles. The second kappa shape index (κ2) is 9.68. The third kappa shape index (κ3) is 6.53. The molecule has 3 aromatic rings. The van der Waals surface area contributed by atoms with Crippen molar-refractivity contribution in [3.8, 4) is 0 Å². The summed E-state index contributed by atoms with van der Waals surface area (Å²) in [5.41, 5.74) is 1.81. The lowest BCUT2D eigenvalue weighted by Crippen LogP contribution is -2.40. The zero-order chi connectivity index (χ0) is 23.4. The summed E-state index contributed by atoms with van der Waals surface area (Å²) in [7, 11) is -3.75. The van der Waals surface area contributed by atoms with Crippen molar-refractivity contribution in [1.82, 2.24) is 4.72 Å². The highest BCUT2D eigenvalue weighted by Gasteiger charge is 2.23. The third-order valence-corrected chi connectivity index (χ3v) is 6.24. The zero-order valence-electron chi connectivity index (χ0n) is 18.6. The van der Waals surface area contributed by atoms with Crippen molar-refractivity contribution >= 4 is 21.6 Å². The monoisotopic (exact) mass is 456 g/mol. The minimum absolute atomic E-state index is 0.0447. The number of hydrogen-bond donors (Lipinski definition) is 2. The number of sulfonamides is 1. The molecule has 0 saturated carbocycles. The summed E-state index contributed by atoms with van der Waals surface area (Å²) in [5, 5.41) is 2.84. The van der Waals surface area contributed by atoms with E-state index in [1.807, 2.05) is 24.3 Å². The Morgan fingerprint density at radius 3 is 2.50 bits per heavy atom. The van der Waals surface area contributed by atoms with Gasteiger partial charge in [-0.2, -0.15) is 0 Å². The smallest absolute Gasteiger partial charge is 0.255 e. The van der Waals surface area contributed by atoms with Crippen LogP contribution in [0.1, 0.15) is 48.0 Å². The van der Waals surface area contributed by atoms with Crippen LogP contribution in [0.4, 0.5) is 5.69 Å². The molecule has 0 bridgehead atoms. The maximum Gasteiger partial charge on any atom is 0.255 e. The molecular formula is C24H28N2O5S. The van der Waals surface area contributed by atoms with Crippen molar-refractivity contribution in [2.45, 2.75) is 51.3 Å². The number of nitrogens with one attached hydrogen (secondary N) is 2. The maximum atomic E-state index is 12.9. The molecule has 2 N–H and O–H groups in total. The summed E-state index contributed by atoms with van der Waals surface area (Å²) in [4.78, 5) is 13.0. The fraction of sp³-hybridized carbons (Fsp3) is 0.292. The summed E-state index contributed by atoms with van der Waals surface area (Å²) in [6.07, 6.45) is 1.59. The van der Waals surface area contributed by atoms with Gasteiger partial charge in [-0.1, -0.05) is 18.2 Å². The number of furan rings is 1. The molecule has 170 valence electrons. The van der Waals surface area contributed by atoms with Gasteiger partial charge >= 0.3 is 0 Å². The largest absolute Gasteiger partial charge is 0.467 e. The summed E-state index contributed by atoms with van der Waals surface area (Å²) in [6.45, 7) is 7.76. The highest BCUT2D eigenvalue weighted by molar-refractivity contribution is 7.89. The molecule has 0 atom stereocenters. The molecule has 0 radical (unpaired) electrons. The van der Waals surface area contributed by atoms with Crippen LogP contribution in [0.5, 0.6) is 0 Å². The van der Waals surface area contributed by atoms with E-state index in [1.165, 1.54) is 12.1 Å². The van der Waals surface area contributed by atoms with Crippen LogP contribution < -0.4 is 10.0 Å². The Hall–Kier alpha value is -2.94. The van der Waals surface area contributed by atoms with Gasteiger partial charge in [0.2, 0.25) is 10.0 Å². The summed E-state index contributed by atoms with van der Waals surface area (Å²) in [6, 6.07) is 15.5. The van der Waals surface area contributed by atoms with Crippen molar-refractivity contribution in [2.24, 2.45) is 0 Å². The van der Waals surface area contributed by atoms with E-state index in [4.69, 9.17) is 9.15 Å². The third-order valence-electron chi connectivity index (χ3n) is 4.48. The fourth-order valence-corrected chi connectivity index (χ4v) is 4.52. The fourth-order valence-electron chi connectivity index (χ4n) is 3.08. The van der Waals surface area contributed by atoms with E-state index < -0.39 is 15.6 Å². The lowest BCUT2D eigenvalue weighted by Gasteiger charge is -2.20. The molecule has 2 aromatic carbocycles. The van der Waals surface area contributed by atoms with Crippen molar-refractivity contribution < 1.29 is 22.4 Å². The summed E-state index contributed by atoms with van der Waals surface area (Å²) in [5.74, 6) is 0.352. The molecule has 0 spiro atoms. The Kier molecular flexibility index (Phi) is 7.18. The molecule has 0 aliphatic rings. The summed E-state index contributed by atoms with van der Waals surface area (Å²) >= 11 is 0. The van der Waals surface area contributed by atoms with E-state index in [9.17, 15) is 13.2 Å². The van der Waals surface area contributed by atoms with Gasteiger partial charge in [0.15, 0.2) is 0 Å². The first-order chi connectivity index (χ1) is 15.0. The summed E-state index contributed by atoms with van der Waals surface area (Å²) < 4.78 is 38.8. The van der Waals surface area contributed by atoms with Gasteiger partial charge in [-0.3, -0.25) is 4.79 Å². The predicted octanol–water partition coefficient (Wildman–Crippen LogP) is 4.63. The lowest BCUT2D eigenvalue weighted by molar-refractivity contribution is 0.0929. The number of benzene rings is 2. The quantitative estimate of drug-likeness (QED) is 0.515. The zero-order valence-corrected chi connectivity index (χ0v) is 19.5. The number of carbonyl (C=O) groups excluding carboxylic acids is 1. The molecule has 0 fully saturated rings. The van der Waals surface area contributed by atoms with Crippen molar-refractivity contribution in [3.05, 3.63) is 83.3 Å². The standard InChI is InChI=1S/C24H28N2O5S/c1-17-10-11-21(32(28,29)26-24(2,3)4)14-22(17)23(27)25-19-8-5-7-18(13-19)15-30-16-20-9-6-12-31-20/h5-14,26H,15-16H2,1-4H3,(H,25,27). The number of anilines is 1. The molecule has 1 aromatic heterocycles. The van der Waals surface area contributed by atoms with Gasteiger partial charge in [0.25, 0.3) is 5.91 Å². The average molecular weight is 457 g/mol. The van der Waals surface area contributed by atoms with Gasteiger partial charge in [0, 0.05) is 16.8 Å². The highest BCUT2D eigenvalue weighted by atomic mass is 32.2. The lowest BCUT2D eigenvalue weighted by atomic mass is 10.1. The van der Waals surface area contributed by atoms with Gasteiger partial charge in [0.1, 0.15) is 12.4 Å². The van der Waals surface area contributed by atoms with E-state index in [1.54, 1.807) is 52.2 Å². The van der Waals surface area contributed by atoms with E-state index in [2.05, 4.69) is 10.0 Å². The Labute approximate surface area is 188 Å². The normalized spacial score (nSPS) is 12.0. The van der Waals surface area contributed by atoms with Crippen molar-refractivity contribution in [2.75, 3.05) is 5.32 Å². The number of ether oxygens (including phenoxy) is 1. The molecule has 7 nitrogen and oxygen atoms in total. The van der Waals surface area contributed by atoms with Crippen LogP contribution in [0, 0.1) is 6.92 Å². The molecule has 0 unspecified atom stereocenters. The maximum absolute atomic E-state index is 12.9. The molecule has 8 heteroatoms. The number of carbonyl (C=O) groups is 1. The molecule has 1 amide bonds. The molecule has 32 heavy (non-hydrogen) atoms. The first-order valence-corrected chi connectivity index (χ1v) is 11.7. The van der Waals surface area contributed by atoms with Gasteiger partial charge in [0.05, 0.1) is 17.8 Å². The minimum Gasteiger partial charge on any atom is -0.467 e. The van der Waals surface area contributed by atoms with Crippen LogP contribution in [0.2, 0.25) is 0 Å². The molecular weight excluding hydrogens is 428 g/mol. The minimum atomic E-state index is -3.75. The number of aryl methyl sites for hydroxylation is 1. The SMILES string of the molecule is Cc1ccc(S(=O)(=O)NC(C)(C)C)cc1C(=O)Nc1cccc(COCc2ccco2)c1. The Balaban J connectivity index is 1.71. The number of rotatable bonds is 8. The second-order valence-electron chi connectivity index (χ2n) is 8.56. The highest BCUT2D eigenvalue weighted by Crippen LogP contribution is 2.20.